The monoisotopic (exact) mass is 342 g/mol. The summed E-state index contributed by atoms with van der Waals surface area (Å²) in [5, 5.41) is 2.76. The van der Waals surface area contributed by atoms with Crippen LogP contribution in [0, 0.1) is 0 Å². The van der Waals surface area contributed by atoms with Gasteiger partial charge in [-0.05, 0) is 32.9 Å². The number of carbonyl (C=O) groups is 2. The van der Waals surface area contributed by atoms with Crippen molar-refractivity contribution in [3.8, 4) is 11.5 Å². The van der Waals surface area contributed by atoms with E-state index in [2.05, 4.69) is 10.3 Å². The molecule has 0 saturated heterocycles. The van der Waals surface area contributed by atoms with Gasteiger partial charge in [-0.25, -0.2) is 0 Å². The molecule has 0 unspecified atom stereocenters. The highest BCUT2D eigenvalue weighted by atomic mass is 16.5. The smallest absolute Gasteiger partial charge is 0.267 e. The van der Waals surface area contributed by atoms with Gasteiger partial charge in [-0.1, -0.05) is 12.1 Å². The number of hydrogen-bond donors (Lipinski definition) is 2. The van der Waals surface area contributed by atoms with Gasteiger partial charge >= 0.3 is 0 Å². The van der Waals surface area contributed by atoms with E-state index in [4.69, 9.17) is 9.47 Å². The summed E-state index contributed by atoms with van der Waals surface area (Å²) in [6, 6.07) is 7.39. The SMILES string of the molecule is CC(=O)c1c[nH]c(C(=O)NCCOc2cccc3c2OC(C)(C)C3)c1. The van der Waals surface area contributed by atoms with Crippen LogP contribution >= 0.6 is 0 Å². The largest absolute Gasteiger partial charge is 0.488 e. The molecular weight excluding hydrogens is 320 g/mol. The maximum Gasteiger partial charge on any atom is 0.267 e. The average Bonchev–Trinajstić information content (AvgIpc) is 3.14. The minimum absolute atomic E-state index is 0.0838. The van der Waals surface area contributed by atoms with Crippen LogP contribution in [0.3, 0.4) is 0 Å². The Kier molecular flexibility index (Phi) is 4.53. The highest BCUT2D eigenvalue weighted by molar-refractivity contribution is 5.99. The Hall–Kier alpha value is -2.76. The number of para-hydroxylation sites is 1. The second kappa shape index (κ2) is 6.63. The number of fused-ring (bicyclic) bond motifs is 1. The maximum atomic E-state index is 12.0. The van der Waals surface area contributed by atoms with Gasteiger partial charge in [-0.2, -0.15) is 0 Å². The number of aromatic amines is 1. The molecule has 3 rings (SSSR count). The molecule has 0 aliphatic carbocycles. The molecule has 0 fully saturated rings. The molecule has 2 heterocycles. The van der Waals surface area contributed by atoms with E-state index in [1.807, 2.05) is 32.0 Å². The number of benzene rings is 1. The minimum Gasteiger partial charge on any atom is -0.488 e. The van der Waals surface area contributed by atoms with Crippen LogP contribution in [0.2, 0.25) is 0 Å². The Labute approximate surface area is 146 Å². The predicted molar refractivity (Wildman–Crippen MR) is 93.5 cm³/mol. The van der Waals surface area contributed by atoms with E-state index in [1.54, 1.807) is 6.07 Å². The number of carbonyl (C=O) groups excluding carboxylic acids is 2. The van der Waals surface area contributed by atoms with Gasteiger partial charge in [-0.3, -0.25) is 9.59 Å². The number of H-pyrrole nitrogens is 1. The predicted octanol–water partition coefficient (Wildman–Crippen LogP) is 2.74. The van der Waals surface area contributed by atoms with Crippen LogP contribution < -0.4 is 14.8 Å². The van der Waals surface area contributed by atoms with Gasteiger partial charge in [-0.15, -0.1) is 0 Å². The summed E-state index contributed by atoms with van der Waals surface area (Å²) in [5.41, 5.74) is 1.75. The Morgan fingerprint density at radius 1 is 1.36 bits per heavy atom. The van der Waals surface area contributed by atoms with Crippen molar-refractivity contribution >= 4 is 11.7 Å². The van der Waals surface area contributed by atoms with Gasteiger partial charge in [0.25, 0.3) is 5.91 Å². The third kappa shape index (κ3) is 3.84. The first-order chi connectivity index (χ1) is 11.9. The Morgan fingerprint density at radius 3 is 2.88 bits per heavy atom. The molecule has 2 aromatic rings. The lowest BCUT2D eigenvalue weighted by Crippen LogP contribution is -2.28. The molecule has 1 aromatic heterocycles. The molecule has 0 radical (unpaired) electrons. The molecule has 6 nitrogen and oxygen atoms in total. The molecule has 1 aromatic carbocycles. The Balaban J connectivity index is 1.52. The zero-order valence-electron chi connectivity index (χ0n) is 14.6. The first-order valence-corrected chi connectivity index (χ1v) is 8.27. The van der Waals surface area contributed by atoms with E-state index in [-0.39, 0.29) is 17.3 Å². The fourth-order valence-electron chi connectivity index (χ4n) is 2.85. The van der Waals surface area contributed by atoms with Crippen molar-refractivity contribution in [1.29, 1.82) is 0 Å². The van der Waals surface area contributed by atoms with E-state index in [0.29, 0.717) is 30.2 Å². The summed E-state index contributed by atoms with van der Waals surface area (Å²) in [5.74, 6) is 1.12. The molecule has 6 heteroatoms. The van der Waals surface area contributed by atoms with Gasteiger partial charge in [0.1, 0.15) is 17.9 Å². The van der Waals surface area contributed by atoms with Crippen LogP contribution in [0.25, 0.3) is 0 Å². The van der Waals surface area contributed by atoms with Crippen molar-refractivity contribution in [2.45, 2.75) is 32.8 Å². The van der Waals surface area contributed by atoms with Crippen LogP contribution in [-0.2, 0) is 6.42 Å². The van der Waals surface area contributed by atoms with Crippen LogP contribution in [-0.4, -0.2) is 35.4 Å². The standard InChI is InChI=1S/C19H22N2O4/c1-12(22)14-9-15(21-11-14)18(23)20-7-8-24-16-6-4-5-13-10-19(2,3)25-17(13)16/h4-6,9,11,21H,7-8,10H2,1-3H3,(H,20,23). The van der Waals surface area contributed by atoms with Gasteiger partial charge in [0.05, 0.1) is 6.54 Å². The highest BCUT2D eigenvalue weighted by Gasteiger charge is 2.32. The zero-order valence-corrected chi connectivity index (χ0v) is 14.6. The fraction of sp³-hybridized carbons (Fsp3) is 0.368. The number of ketones is 1. The lowest BCUT2D eigenvalue weighted by molar-refractivity contribution is 0.0941. The van der Waals surface area contributed by atoms with E-state index in [0.717, 1.165) is 17.7 Å². The molecule has 1 amide bonds. The molecule has 0 atom stereocenters. The van der Waals surface area contributed by atoms with Gasteiger partial charge < -0.3 is 19.8 Å². The third-order valence-corrected chi connectivity index (χ3v) is 4.03. The number of Topliss-reactive ketones (excluding diaryl/α,β-unsaturated/α-hetero) is 1. The number of aromatic nitrogens is 1. The topological polar surface area (TPSA) is 80.4 Å². The van der Waals surface area contributed by atoms with Crippen molar-refractivity contribution in [1.82, 2.24) is 10.3 Å². The van der Waals surface area contributed by atoms with E-state index in [1.165, 1.54) is 13.1 Å². The van der Waals surface area contributed by atoms with E-state index < -0.39 is 0 Å². The molecule has 1 aliphatic rings. The summed E-state index contributed by atoms with van der Waals surface area (Å²) in [6.45, 7) is 6.22. The first-order valence-electron chi connectivity index (χ1n) is 8.27. The Bertz CT molecular complexity index is 808. The van der Waals surface area contributed by atoms with E-state index >= 15 is 0 Å². The lowest BCUT2D eigenvalue weighted by atomic mass is 10.0. The first kappa shape index (κ1) is 17.1. The fourth-order valence-corrected chi connectivity index (χ4v) is 2.85. The maximum absolute atomic E-state index is 12.0. The summed E-state index contributed by atoms with van der Waals surface area (Å²) >= 11 is 0. The molecule has 0 spiro atoms. The Morgan fingerprint density at radius 2 is 2.16 bits per heavy atom. The van der Waals surface area contributed by atoms with E-state index in [9.17, 15) is 9.59 Å². The summed E-state index contributed by atoms with van der Waals surface area (Å²) in [4.78, 5) is 26.1. The van der Waals surface area contributed by atoms with Crippen LogP contribution in [0.4, 0.5) is 0 Å². The molecule has 0 bridgehead atoms. The second-order valence-electron chi connectivity index (χ2n) is 6.75. The molecule has 132 valence electrons. The number of hydrogen-bond acceptors (Lipinski definition) is 4. The lowest BCUT2D eigenvalue weighted by Gasteiger charge is -2.18. The highest BCUT2D eigenvalue weighted by Crippen LogP contribution is 2.41. The van der Waals surface area contributed by atoms with Crippen molar-refractivity contribution in [2.24, 2.45) is 0 Å². The van der Waals surface area contributed by atoms with Crippen LogP contribution in [0.15, 0.2) is 30.5 Å². The average molecular weight is 342 g/mol. The molecular formula is C19H22N2O4. The summed E-state index contributed by atoms with van der Waals surface area (Å²) in [7, 11) is 0. The quantitative estimate of drug-likeness (QED) is 0.625. The van der Waals surface area contributed by atoms with Crippen molar-refractivity contribution in [3.05, 3.63) is 47.3 Å². The normalized spacial score (nSPS) is 14.5. The van der Waals surface area contributed by atoms with Gasteiger partial charge in [0.2, 0.25) is 0 Å². The number of ether oxygens (including phenoxy) is 2. The molecule has 2 N–H and O–H groups in total. The summed E-state index contributed by atoms with van der Waals surface area (Å²) in [6.07, 6.45) is 2.38. The van der Waals surface area contributed by atoms with Gasteiger partial charge in [0.15, 0.2) is 17.3 Å². The van der Waals surface area contributed by atoms with Crippen LogP contribution in [0.5, 0.6) is 11.5 Å². The minimum atomic E-state index is -0.272. The zero-order chi connectivity index (χ0) is 18.0. The molecule has 1 aliphatic heterocycles. The van der Waals surface area contributed by atoms with Crippen molar-refractivity contribution < 1.29 is 19.1 Å². The number of amides is 1. The van der Waals surface area contributed by atoms with Crippen LogP contribution in [0.1, 0.15) is 47.2 Å². The number of nitrogens with one attached hydrogen (secondary N) is 2. The number of rotatable bonds is 6. The molecule has 0 saturated carbocycles. The van der Waals surface area contributed by atoms with Crippen molar-refractivity contribution in [3.63, 3.8) is 0 Å². The molecule has 25 heavy (non-hydrogen) atoms. The van der Waals surface area contributed by atoms with Crippen molar-refractivity contribution in [2.75, 3.05) is 13.2 Å². The van der Waals surface area contributed by atoms with Gasteiger partial charge in [0, 0.05) is 23.7 Å². The second-order valence-corrected chi connectivity index (χ2v) is 6.75. The third-order valence-electron chi connectivity index (χ3n) is 4.03. The summed E-state index contributed by atoms with van der Waals surface area (Å²) < 4.78 is 11.7.